The molecule has 0 saturated carbocycles. The smallest absolute Gasteiger partial charge is 0.126 e. The normalized spacial score (nSPS) is 18.2. The standard InChI is InChI=1S/C21H23N3S/c1-25-21-19-12-11-16(9-10-17-6-5-13-22-15-17)14-20(19)24(23-21)18-7-3-2-4-8-18/h2-4,7-12,14,17,22H,5-6,13,15H2,1H3. The molecule has 0 bridgehead atoms. The molecule has 128 valence electrons. The van der Waals surface area contributed by atoms with Gasteiger partial charge in [0.1, 0.15) is 5.03 Å². The second-order valence-corrected chi connectivity index (χ2v) is 7.29. The van der Waals surface area contributed by atoms with E-state index in [1.54, 1.807) is 11.8 Å². The third-order valence-electron chi connectivity index (χ3n) is 4.76. The van der Waals surface area contributed by atoms with Crippen LogP contribution < -0.4 is 5.32 Å². The number of hydrogen-bond donors (Lipinski definition) is 1. The van der Waals surface area contributed by atoms with Crippen molar-refractivity contribution in [3.8, 4) is 5.69 Å². The Morgan fingerprint density at radius 3 is 2.84 bits per heavy atom. The molecule has 1 atom stereocenters. The van der Waals surface area contributed by atoms with Crippen LogP contribution in [0, 0.1) is 5.92 Å². The summed E-state index contributed by atoms with van der Waals surface area (Å²) in [6.45, 7) is 2.25. The van der Waals surface area contributed by atoms with Crippen LogP contribution in [-0.4, -0.2) is 29.1 Å². The maximum atomic E-state index is 4.81. The number of hydrogen-bond acceptors (Lipinski definition) is 3. The first-order valence-electron chi connectivity index (χ1n) is 8.86. The van der Waals surface area contributed by atoms with Crippen LogP contribution in [0.5, 0.6) is 0 Å². The molecule has 0 aliphatic carbocycles. The summed E-state index contributed by atoms with van der Waals surface area (Å²) in [7, 11) is 0. The Bertz CT molecular complexity index is 877. The summed E-state index contributed by atoms with van der Waals surface area (Å²) in [6, 6.07) is 17.0. The second-order valence-electron chi connectivity index (χ2n) is 6.50. The van der Waals surface area contributed by atoms with Gasteiger partial charge in [0.05, 0.1) is 11.2 Å². The summed E-state index contributed by atoms with van der Waals surface area (Å²) in [5.74, 6) is 0.644. The zero-order chi connectivity index (χ0) is 17.1. The lowest BCUT2D eigenvalue weighted by Gasteiger charge is -2.19. The van der Waals surface area contributed by atoms with Crippen LogP contribution in [0.2, 0.25) is 0 Å². The van der Waals surface area contributed by atoms with Crippen LogP contribution in [0.25, 0.3) is 22.7 Å². The molecule has 1 aliphatic rings. The molecule has 1 fully saturated rings. The number of thioether (sulfide) groups is 1. The van der Waals surface area contributed by atoms with E-state index in [4.69, 9.17) is 5.10 Å². The van der Waals surface area contributed by atoms with Gasteiger partial charge in [-0.05, 0) is 61.4 Å². The Morgan fingerprint density at radius 1 is 1.20 bits per heavy atom. The molecule has 0 spiro atoms. The molecule has 3 nitrogen and oxygen atoms in total. The molecule has 1 unspecified atom stereocenters. The molecule has 1 N–H and O–H groups in total. The molecule has 4 rings (SSSR count). The number of piperidine rings is 1. The third kappa shape index (κ3) is 3.51. The van der Waals surface area contributed by atoms with Crippen LogP contribution >= 0.6 is 11.8 Å². The summed E-state index contributed by atoms with van der Waals surface area (Å²) < 4.78 is 2.06. The quantitative estimate of drug-likeness (QED) is 0.689. The van der Waals surface area contributed by atoms with Crippen LogP contribution in [0.1, 0.15) is 18.4 Å². The first-order chi connectivity index (χ1) is 12.3. The zero-order valence-electron chi connectivity index (χ0n) is 14.5. The fraction of sp³-hybridized carbons (Fsp3) is 0.286. The van der Waals surface area contributed by atoms with Gasteiger partial charge >= 0.3 is 0 Å². The highest BCUT2D eigenvalue weighted by Crippen LogP contribution is 2.29. The monoisotopic (exact) mass is 349 g/mol. The minimum Gasteiger partial charge on any atom is -0.316 e. The SMILES string of the molecule is CSc1nn(-c2ccccc2)c2cc(C=CC3CCCNC3)ccc12. The van der Waals surface area contributed by atoms with Crippen molar-refractivity contribution >= 4 is 28.7 Å². The molecule has 3 aromatic rings. The van der Waals surface area contributed by atoms with E-state index < -0.39 is 0 Å². The predicted octanol–water partition coefficient (Wildman–Crippen LogP) is 4.76. The topological polar surface area (TPSA) is 29.9 Å². The van der Waals surface area contributed by atoms with E-state index in [9.17, 15) is 0 Å². The first kappa shape index (κ1) is 16.4. The highest BCUT2D eigenvalue weighted by Gasteiger charge is 2.12. The molecule has 0 radical (unpaired) electrons. The molecular weight excluding hydrogens is 326 g/mol. The molecule has 1 saturated heterocycles. The van der Waals surface area contributed by atoms with Gasteiger partial charge in [-0.15, -0.1) is 11.8 Å². The number of fused-ring (bicyclic) bond motifs is 1. The highest BCUT2D eigenvalue weighted by atomic mass is 32.2. The fourth-order valence-electron chi connectivity index (χ4n) is 3.41. The lowest BCUT2D eigenvalue weighted by Crippen LogP contribution is -2.28. The van der Waals surface area contributed by atoms with E-state index in [1.165, 1.54) is 29.3 Å². The Labute approximate surface area is 153 Å². The van der Waals surface area contributed by atoms with Gasteiger partial charge < -0.3 is 5.32 Å². The highest BCUT2D eigenvalue weighted by molar-refractivity contribution is 7.98. The van der Waals surface area contributed by atoms with Crippen molar-refractivity contribution in [1.82, 2.24) is 15.1 Å². The minimum atomic E-state index is 0.644. The molecule has 1 aliphatic heterocycles. The maximum Gasteiger partial charge on any atom is 0.126 e. The number of aromatic nitrogens is 2. The van der Waals surface area contributed by atoms with Gasteiger partial charge in [-0.2, -0.15) is 5.10 Å². The zero-order valence-corrected chi connectivity index (χ0v) is 15.3. The molecular formula is C21H23N3S. The van der Waals surface area contributed by atoms with Gasteiger partial charge in [-0.3, -0.25) is 0 Å². The molecule has 25 heavy (non-hydrogen) atoms. The molecule has 1 aromatic heterocycles. The van der Waals surface area contributed by atoms with Gasteiger partial charge in [0.25, 0.3) is 0 Å². The summed E-state index contributed by atoms with van der Waals surface area (Å²) in [5.41, 5.74) is 3.51. The summed E-state index contributed by atoms with van der Waals surface area (Å²) in [5, 5.41) is 10.6. The van der Waals surface area contributed by atoms with Gasteiger partial charge in [0, 0.05) is 11.9 Å². The van der Waals surface area contributed by atoms with Gasteiger partial charge in [0.2, 0.25) is 0 Å². The Kier molecular flexibility index (Phi) is 4.90. The van der Waals surface area contributed by atoms with Crippen LogP contribution in [-0.2, 0) is 0 Å². The predicted molar refractivity (Wildman–Crippen MR) is 107 cm³/mol. The molecule has 2 aromatic carbocycles. The van der Waals surface area contributed by atoms with Gasteiger partial charge in [-0.1, -0.05) is 36.4 Å². The largest absolute Gasteiger partial charge is 0.316 e. The van der Waals surface area contributed by atoms with E-state index in [-0.39, 0.29) is 0 Å². The van der Waals surface area contributed by atoms with Crippen molar-refractivity contribution in [2.75, 3.05) is 19.3 Å². The van der Waals surface area contributed by atoms with Crippen molar-refractivity contribution in [1.29, 1.82) is 0 Å². The molecule has 4 heteroatoms. The van der Waals surface area contributed by atoms with Crippen molar-refractivity contribution < 1.29 is 0 Å². The van der Waals surface area contributed by atoms with Crippen molar-refractivity contribution in [2.45, 2.75) is 17.9 Å². The van der Waals surface area contributed by atoms with Crippen molar-refractivity contribution in [2.24, 2.45) is 5.92 Å². The van der Waals surface area contributed by atoms with Crippen molar-refractivity contribution in [3.05, 3.63) is 60.2 Å². The van der Waals surface area contributed by atoms with Crippen LogP contribution in [0.4, 0.5) is 0 Å². The molecule has 2 heterocycles. The van der Waals surface area contributed by atoms with Crippen LogP contribution in [0.15, 0.2) is 59.6 Å². The van der Waals surface area contributed by atoms with E-state index in [2.05, 4.69) is 70.9 Å². The minimum absolute atomic E-state index is 0.644. The van der Waals surface area contributed by atoms with Gasteiger partial charge in [0.15, 0.2) is 0 Å². The number of benzene rings is 2. The second kappa shape index (κ2) is 7.46. The number of para-hydroxylation sites is 1. The third-order valence-corrected chi connectivity index (χ3v) is 5.45. The Balaban J connectivity index is 1.72. The summed E-state index contributed by atoms with van der Waals surface area (Å²) in [6.07, 6.45) is 9.25. The van der Waals surface area contributed by atoms with Crippen molar-refractivity contribution in [3.63, 3.8) is 0 Å². The Morgan fingerprint density at radius 2 is 2.08 bits per heavy atom. The van der Waals surface area contributed by atoms with Gasteiger partial charge in [-0.25, -0.2) is 4.68 Å². The number of rotatable bonds is 4. The number of nitrogens with one attached hydrogen (secondary N) is 1. The average Bonchev–Trinajstić information content (AvgIpc) is 3.06. The fourth-order valence-corrected chi connectivity index (χ4v) is 3.97. The maximum absolute atomic E-state index is 4.81. The van der Waals surface area contributed by atoms with E-state index in [0.717, 1.165) is 23.8 Å². The van der Waals surface area contributed by atoms with E-state index >= 15 is 0 Å². The van der Waals surface area contributed by atoms with E-state index in [1.807, 2.05) is 6.07 Å². The Hall–Kier alpha value is -2.04. The average molecular weight is 350 g/mol. The summed E-state index contributed by atoms with van der Waals surface area (Å²) in [4.78, 5) is 0. The molecule has 0 amide bonds. The summed E-state index contributed by atoms with van der Waals surface area (Å²) >= 11 is 1.70. The number of nitrogens with zero attached hydrogens (tertiary/aromatic N) is 2. The lowest BCUT2D eigenvalue weighted by molar-refractivity contribution is 0.439. The van der Waals surface area contributed by atoms with Crippen LogP contribution in [0.3, 0.4) is 0 Å². The lowest BCUT2D eigenvalue weighted by atomic mass is 9.98. The van der Waals surface area contributed by atoms with E-state index in [0.29, 0.717) is 5.92 Å². The first-order valence-corrected chi connectivity index (χ1v) is 10.1.